The van der Waals surface area contributed by atoms with Gasteiger partial charge >= 0.3 is 0 Å². The van der Waals surface area contributed by atoms with Crippen LogP contribution in [0.4, 0.5) is 0 Å². The molecule has 0 aromatic heterocycles. The van der Waals surface area contributed by atoms with Gasteiger partial charge in [0.15, 0.2) is 0 Å². The largest absolute Gasteiger partial charge is 0.271 e. The van der Waals surface area contributed by atoms with Crippen LogP contribution in [-0.4, -0.2) is 0 Å². The summed E-state index contributed by atoms with van der Waals surface area (Å²) < 4.78 is 0. The van der Waals surface area contributed by atoms with Crippen molar-refractivity contribution in [3.8, 4) is 0 Å². The van der Waals surface area contributed by atoms with Gasteiger partial charge in [-0.2, -0.15) is 0 Å². The second-order valence-electron chi connectivity index (χ2n) is 3.24. The fourth-order valence-corrected chi connectivity index (χ4v) is 1.46. The maximum absolute atomic E-state index is 5.40. The van der Waals surface area contributed by atoms with Gasteiger partial charge in [-0.15, -0.1) is 6.58 Å². The summed E-state index contributed by atoms with van der Waals surface area (Å²) in [6.07, 6.45) is 1.80. The molecule has 1 rings (SSSR count). The second kappa shape index (κ2) is 4.21. The summed E-state index contributed by atoms with van der Waals surface area (Å²) in [5, 5.41) is 0. The molecule has 0 bridgehead atoms. The van der Waals surface area contributed by atoms with Crippen LogP contribution in [0.5, 0.6) is 0 Å². The number of nitrogens with one attached hydrogen (secondary N) is 1. The van der Waals surface area contributed by atoms with Crippen LogP contribution in [-0.2, 0) is 0 Å². The molecule has 0 spiro atoms. The Morgan fingerprint density at radius 3 is 2.62 bits per heavy atom. The lowest BCUT2D eigenvalue weighted by molar-refractivity contribution is 0.653. The first kappa shape index (κ1) is 9.96. The van der Waals surface area contributed by atoms with Gasteiger partial charge in [-0.25, -0.2) is 5.43 Å². The number of rotatable bonds is 3. The first-order chi connectivity index (χ1) is 6.19. The minimum absolute atomic E-state index is 0.0422. The average Bonchev–Trinajstić information content (AvgIpc) is 2.10. The summed E-state index contributed by atoms with van der Waals surface area (Å²) >= 11 is 0. The van der Waals surface area contributed by atoms with Crippen LogP contribution >= 0.6 is 0 Å². The Morgan fingerprint density at radius 1 is 1.46 bits per heavy atom. The van der Waals surface area contributed by atoms with Gasteiger partial charge < -0.3 is 0 Å². The Balaban J connectivity index is 3.06. The number of benzene rings is 1. The van der Waals surface area contributed by atoms with Crippen molar-refractivity contribution in [3.63, 3.8) is 0 Å². The van der Waals surface area contributed by atoms with Gasteiger partial charge in [-0.05, 0) is 25.0 Å². The molecule has 1 unspecified atom stereocenters. The molecule has 0 aliphatic heterocycles. The Labute approximate surface area is 79.4 Å². The zero-order chi connectivity index (χ0) is 9.84. The average molecular weight is 176 g/mol. The molecule has 2 nitrogen and oxygen atoms in total. The standard InChI is InChI=1S/C11H16N2/c1-4-11(13-12)10-6-5-8(2)7-9(10)3/h4-7,11,13H,1,12H2,2-3H3. The summed E-state index contributed by atoms with van der Waals surface area (Å²) in [6, 6.07) is 6.34. The zero-order valence-corrected chi connectivity index (χ0v) is 8.17. The summed E-state index contributed by atoms with van der Waals surface area (Å²) in [4.78, 5) is 0. The lowest BCUT2D eigenvalue weighted by atomic mass is 10.00. The highest BCUT2D eigenvalue weighted by molar-refractivity contribution is 5.34. The highest BCUT2D eigenvalue weighted by Gasteiger charge is 2.07. The van der Waals surface area contributed by atoms with E-state index in [1.54, 1.807) is 6.08 Å². The van der Waals surface area contributed by atoms with Crippen molar-refractivity contribution < 1.29 is 0 Å². The molecule has 1 aromatic carbocycles. The molecule has 3 N–H and O–H groups in total. The second-order valence-corrected chi connectivity index (χ2v) is 3.24. The summed E-state index contributed by atoms with van der Waals surface area (Å²) in [5.41, 5.74) is 6.40. The zero-order valence-electron chi connectivity index (χ0n) is 8.17. The van der Waals surface area contributed by atoms with Gasteiger partial charge in [0, 0.05) is 0 Å². The van der Waals surface area contributed by atoms with Gasteiger partial charge in [0.1, 0.15) is 0 Å². The molecule has 70 valence electrons. The molecule has 0 saturated carbocycles. The molecular formula is C11H16N2. The first-order valence-electron chi connectivity index (χ1n) is 4.35. The molecule has 0 fully saturated rings. The predicted octanol–water partition coefficient (Wildman–Crippen LogP) is 1.99. The summed E-state index contributed by atoms with van der Waals surface area (Å²) in [5.74, 6) is 5.40. The van der Waals surface area contributed by atoms with Crippen molar-refractivity contribution in [1.29, 1.82) is 0 Å². The van der Waals surface area contributed by atoms with E-state index in [2.05, 4.69) is 44.1 Å². The van der Waals surface area contributed by atoms with Crippen LogP contribution in [0.1, 0.15) is 22.7 Å². The minimum atomic E-state index is 0.0422. The van der Waals surface area contributed by atoms with Gasteiger partial charge in [0.2, 0.25) is 0 Å². The molecule has 0 heterocycles. The molecule has 2 heteroatoms. The predicted molar refractivity (Wildman–Crippen MR) is 56.2 cm³/mol. The number of aryl methyl sites for hydroxylation is 2. The maximum Gasteiger partial charge on any atom is 0.0640 e. The fourth-order valence-electron chi connectivity index (χ4n) is 1.46. The van der Waals surface area contributed by atoms with Crippen molar-refractivity contribution in [2.75, 3.05) is 0 Å². The van der Waals surface area contributed by atoms with Gasteiger partial charge in [-0.3, -0.25) is 5.84 Å². The normalized spacial score (nSPS) is 12.5. The van der Waals surface area contributed by atoms with E-state index >= 15 is 0 Å². The molecular weight excluding hydrogens is 160 g/mol. The van der Waals surface area contributed by atoms with E-state index in [9.17, 15) is 0 Å². The third kappa shape index (κ3) is 2.17. The monoisotopic (exact) mass is 176 g/mol. The van der Waals surface area contributed by atoms with Crippen molar-refractivity contribution in [3.05, 3.63) is 47.5 Å². The van der Waals surface area contributed by atoms with Crippen LogP contribution in [0.3, 0.4) is 0 Å². The molecule has 0 radical (unpaired) electrons. The van der Waals surface area contributed by atoms with Crippen LogP contribution < -0.4 is 11.3 Å². The van der Waals surface area contributed by atoms with Gasteiger partial charge in [-0.1, -0.05) is 29.8 Å². The van der Waals surface area contributed by atoms with Crippen molar-refractivity contribution >= 4 is 0 Å². The van der Waals surface area contributed by atoms with Crippen LogP contribution in [0.15, 0.2) is 30.9 Å². The number of nitrogens with two attached hydrogens (primary N) is 1. The van der Waals surface area contributed by atoms with E-state index in [1.165, 1.54) is 16.7 Å². The molecule has 0 saturated heterocycles. The highest BCUT2D eigenvalue weighted by Crippen LogP contribution is 2.18. The smallest absolute Gasteiger partial charge is 0.0640 e. The molecule has 0 aliphatic rings. The fraction of sp³-hybridized carbons (Fsp3) is 0.273. The Kier molecular flexibility index (Phi) is 3.23. The topological polar surface area (TPSA) is 38.0 Å². The molecule has 0 amide bonds. The number of hydrazine groups is 1. The van der Waals surface area contributed by atoms with E-state index in [0.717, 1.165) is 0 Å². The minimum Gasteiger partial charge on any atom is -0.271 e. The van der Waals surface area contributed by atoms with E-state index in [4.69, 9.17) is 5.84 Å². The molecule has 0 aliphatic carbocycles. The summed E-state index contributed by atoms with van der Waals surface area (Å²) in [6.45, 7) is 7.89. The Morgan fingerprint density at radius 2 is 2.15 bits per heavy atom. The van der Waals surface area contributed by atoms with E-state index < -0.39 is 0 Å². The SMILES string of the molecule is C=CC(NN)c1ccc(C)cc1C. The van der Waals surface area contributed by atoms with Crippen molar-refractivity contribution in [2.24, 2.45) is 5.84 Å². The first-order valence-corrected chi connectivity index (χ1v) is 4.35. The van der Waals surface area contributed by atoms with Gasteiger partial charge in [0.25, 0.3) is 0 Å². The van der Waals surface area contributed by atoms with Gasteiger partial charge in [0.05, 0.1) is 6.04 Å². The molecule has 1 atom stereocenters. The third-order valence-corrected chi connectivity index (χ3v) is 2.18. The lowest BCUT2D eigenvalue weighted by Gasteiger charge is -2.14. The van der Waals surface area contributed by atoms with Crippen LogP contribution in [0.25, 0.3) is 0 Å². The van der Waals surface area contributed by atoms with E-state index in [-0.39, 0.29) is 6.04 Å². The highest BCUT2D eigenvalue weighted by atomic mass is 15.2. The Hall–Kier alpha value is -1.12. The number of hydrogen-bond acceptors (Lipinski definition) is 2. The quantitative estimate of drug-likeness (QED) is 0.420. The third-order valence-electron chi connectivity index (χ3n) is 2.18. The van der Waals surface area contributed by atoms with E-state index in [0.29, 0.717) is 0 Å². The maximum atomic E-state index is 5.40. The Bertz CT molecular complexity index is 305. The lowest BCUT2D eigenvalue weighted by Crippen LogP contribution is -2.26. The molecule has 1 aromatic rings. The number of hydrogen-bond donors (Lipinski definition) is 2. The van der Waals surface area contributed by atoms with Crippen LogP contribution in [0, 0.1) is 13.8 Å². The summed E-state index contributed by atoms with van der Waals surface area (Å²) in [7, 11) is 0. The van der Waals surface area contributed by atoms with Crippen molar-refractivity contribution in [1.82, 2.24) is 5.43 Å². The molecule has 13 heavy (non-hydrogen) atoms. The van der Waals surface area contributed by atoms with Crippen LogP contribution in [0.2, 0.25) is 0 Å². The van der Waals surface area contributed by atoms with E-state index in [1.807, 2.05) is 0 Å². The van der Waals surface area contributed by atoms with Crippen molar-refractivity contribution in [2.45, 2.75) is 19.9 Å².